The Morgan fingerprint density at radius 2 is 1.50 bits per heavy atom. The van der Waals surface area contributed by atoms with Gasteiger partial charge in [-0.05, 0) is 0 Å². The van der Waals surface area contributed by atoms with Crippen molar-refractivity contribution in [3.05, 3.63) is 0 Å². The van der Waals surface area contributed by atoms with E-state index in [4.69, 9.17) is 0 Å². The normalized spacial score (nSPS) is 6.25. The van der Waals surface area contributed by atoms with Gasteiger partial charge in [-0.1, -0.05) is 0 Å². The van der Waals surface area contributed by atoms with Gasteiger partial charge in [0.25, 0.3) is 0 Å². The summed E-state index contributed by atoms with van der Waals surface area (Å²) < 4.78 is 0. The summed E-state index contributed by atoms with van der Waals surface area (Å²) in [6.07, 6.45) is 0. The molecule has 0 bridgehead atoms. The Morgan fingerprint density at radius 1 is 1.50 bits per heavy atom. The number of hydrogen-bond donors (Lipinski definition) is 0. The molecule has 4 heavy (non-hydrogen) atoms. The molecule has 0 spiro atoms. The molecule has 0 heterocycles. The Balaban J connectivity index is 3.02. The van der Waals surface area contributed by atoms with E-state index in [-0.39, 0.29) is 7.02 Å². The van der Waals surface area contributed by atoms with Gasteiger partial charge in [0, 0.05) is 0 Å². The van der Waals surface area contributed by atoms with E-state index < -0.39 is 0 Å². The first-order chi connectivity index (χ1) is 1.73. The maximum atomic E-state index is 4.03. The molecule has 0 saturated heterocycles. The van der Waals surface area contributed by atoms with E-state index in [9.17, 15) is 0 Å². The standard InChI is InChI=1S/C2H6P2/c1-4(2)3/h1-2H3. The van der Waals surface area contributed by atoms with E-state index >= 15 is 0 Å². The van der Waals surface area contributed by atoms with Crippen molar-refractivity contribution in [1.82, 2.24) is 0 Å². The molecule has 24 valence electrons. The molecule has 0 fully saturated rings. The van der Waals surface area contributed by atoms with E-state index in [0.29, 0.717) is 0 Å². The van der Waals surface area contributed by atoms with Crippen LogP contribution in [0.1, 0.15) is 0 Å². The first kappa shape index (κ1) is 4.73. The van der Waals surface area contributed by atoms with Crippen LogP contribution in [-0.2, 0) is 0 Å². The molecule has 0 nitrogen and oxygen atoms in total. The molecule has 0 N–H and O–H groups in total. The van der Waals surface area contributed by atoms with Gasteiger partial charge in [0.15, 0.2) is 0 Å². The zero-order valence-electron chi connectivity index (χ0n) is 2.89. The van der Waals surface area contributed by atoms with Gasteiger partial charge in [0.05, 0.1) is 0 Å². The summed E-state index contributed by atoms with van der Waals surface area (Å²) in [5.74, 6) is 0. The van der Waals surface area contributed by atoms with Crippen LogP contribution in [0.4, 0.5) is 0 Å². The Morgan fingerprint density at radius 3 is 1.50 bits per heavy atom. The van der Waals surface area contributed by atoms with Gasteiger partial charge in [-0.15, -0.1) is 0 Å². The minimum absolute atomic E-state index is 0.0741. The van der Waals surface area contributed by atoms with Crippen molar-refractivity contribution in [1.29, 1.82) is 0 Å². The molecule has 0 aromatic heterocycles. The second-order valence-electron chi connectivity index (χ2n) is 0.847. The molecule has 0 rings (SSSR count). The molecular formula is C2H6P2. The van der Waals surface area contributed by atoms with Crippen molar-refractivity contribution in [2.45, 2.75) is 0 Å². The van der Waals surface area contributed by atoms with E-state index in [2.05, 4.69) is 21.7 Å². The quantitative estimate of drug-likeness (QED) is 0.401. The van der Waals surface area contributed by atoms with E-state index in [1.807, 2.05) is 0 Å². The first-order valence-electron chi connectivity index (χ1n) is 1.09. The van der Waals surface area contributed by atoms with Crippen LogP contribution in [0.5, 0.6) is 0 Å². The van der Waals surface area contributed by atoms with Crippen molar-refractivity contribution < 1.29 is 0 Å². The molecule has 0 aliphatic rings. The van der Waals surface area contributed by atoms with E-state index in [0.717, 1.165) is 0 Å². The molecule has 0 unspecified atom stereocenters. The second kappa shape index (κ2) is 2.00. The van der Waals surface area contributed by atoms with Crippen LogP contribution in [0.2, 0.25) is 0 Å². The van der Waals surface area contributed by atoms with Gasteiger partial charge in [-0.3, -0.25) is 0 Å². The SMILES string of the molecule is CP(C)#P. The van der Waals surface area contributed by atoms with Crippen LogP contribution in [0, 0.1) is 0 Å². The molecule has 0 atom stereocenters. The number of hydrogen-bond acceptors (Lipinski definition) is 0. The molecule has 0 aliphatic heterocycles. The summed E-state index contributed by atoms with van der Waals surface area (Å²) in [4.78, 5) is 0. The molecule has 0 amide bonds. The number of rotatable bonds is 0. The Labute approximate surface area is 29.7 Å². The summed E-state index contributed by atoms with van der Waals surface area (Å²) in [6.45, 7) is 4.19. The predicted octanol–water partition coefficient (Wildman–Crippen LogP) is 2.05. The van der Waals surface area contributed by atoms with E-state index in [1.54, 1.807) is 0 Å². The fraction of sp³-hybridized carbons (Fsp3) is 1.00. The summed E-state index contributed by atoms with van der Waals surface area (Å²) in [6, 6.07) is 0. The fourth-order valence-electron chi connectivity index (χ4n) is 0. The average molecular weight is 92.0 g/mol. The molecule has 0 aromatic carbocycles. The van der Waals surface area contributed by atoms with Gasteiger partial charge < -0.3 is 0 Å². The van der Waals surface area contributed by atoms with Crippen molar-refractivity contribution in [3.8, 4) is 0 Å². The Hall–Kier alpha value is 0.730. The van der Waals surface area contributed by atoms with Crippen LogP contribution < -0.4 is 0 Å². The third-order valence-corrected chi connectivity index (χ3v) is 0. The topological polar surface area (TPSA) is 0 Å². The van der Waals surface area contributed by atoms with Gasteiger partial charge in [0.1, 0.15) is 0 Å². The van der Waals surface area contributed by atoms with Gasteiger partial charge in [0.2, 0.25) is 0 Å². The Bertz CT molecular complexity index is 50.2. The molecule has 0 aromatic rings. The van der Waals surface area contributed by atoms with Crippen LogP contribution in [0.3, 0.4) is 0 Å². The van der Waals surface area contributed by atoms with Gasteiger partial charge in [-0.25, -0.2) is 0 Å². The van der Waals surface area contributed by atoms with Crippen molar-refractivity contribution >= 4 is 15.4 Å². The Kier molecular flexibility index (Phi) is 2.36. The van der Waals surface area contributed by atoms with Crippen LogP contribution >= 0.6 is 15.4 Å². The van der Waals surface area contributed by atoms with Crippen LogP contribution in [0.25, 0.3) is 0 Å². The molecule has 0 radical (unpaired) electrons. The summed E-state index contributed by atoms with van der Waals surface area (Å²) >= 11 is 0. The van der Waals surface area contributed by atoms with Crippen LogP contribution in [-0.4, -0.2) is 13.3 Å². The van der Waals surface area contributed by atoms with Crippen LogP contribution in [0.15, 0.2) is 0 Å². The zero-order valence-corrected chi connectivity index (χ0v) is 4.68. The third kappa shape index (κ3) is 15.3. The zero-order chi connectivity index (χ0) is 3.58. The van der Waals surface area contributed by atoms with Gasteiger partial charge >= 0.3 is 28.7 Å². The minimum atomic E-state index is 0.0741. The fourth-order valence-corrected chi connectivity index (χ4v) is 0. The van der Waals surface area contributed by atoms with Crippen molar-refractivity contribution in [2.24, 2.45) is 0 Å². The monoisotopic (exact) mass is 92.0 g/mol. The van der Waals surface area contributed by atoms with Crippen molar-refractivity contribution in [2.75, 3.05) is 13.3 Å². The second-order valence-corrected chi connectivity index (χ2v) is 4.94. The van der Waals surface area contributed by atoms with E-state index in [1.165, 1.54) is 0 Å². The molecule has 0 aliphatic carbocycles. The summed E-state index contributed by atoms with van der Waals surface area (Å²) in [5, 5.41) is 0. The molecular weight excluding hydrogens is 86.0 g/mol. The third-order valence-electron chi connectivity index (χ3n) is 0. The summed E-state index contributed by atoms with van der Waals surface area (Å²) in [5.41, 5.74) is 0. The predicted molar refractivity (Wildman–Crippen MR) is 25.7 cm³/mol. The average Bonchev–Trinajstić information content (AvgIpc) is 0.811. The first-order valence-corrected chi connectivity index (χ1v) is 4.48. The molecule has 2 heteroatoms. The maximum absolute atomic E-state index is 4.03. The summed E-state index contributed by atoms with van der Waals surface area (Å²) in [7, 11) is 4.10. The van der Waals surface area contributed by atoms with Crippen molar-refractivity contribution in [3.63, 3.8) is 0 Å². The molecule has 0 saturated carbocycles. The van der Waals surface area contributed by atoms with Gasteiger partial charge in [-0.2, -0.15) is 0 Å².